The second-order valence-electron chi connectivity index (χ2n) is 43.8. The minimum absolute atomic E-state index is 0.0522. The molecule has 6 atom stereocenters. The van der Waals surface area contributed by atoms with Crippen molar-refractivity contribution in [1.82, 2.24) is 49.1 Å². The lowest BCUT2D eigenvalue weighted by Crippen LogP contribution is -2.39. The van der Waals surface area contributed by atoms with Gasteiger partial charge < -0.3 is 38.9 Å². The number of hydrogen-bond donors (Lipinski definition) is 0. The minimum atomic E-state index is -0.254. The van der Waals surface area contributed by atoms with Crippen LogP contribution in [-0.2, 0) is 6.61 Å². The van der Waals surface area contributed by atoms with Gasteiger partial charge in [0.25, 0.3) is 0 Å². The van der Waals surface area contributed by atoms with E-state index in [4.69, 9.17) is 9.47 Å². The number of pyridine rings is 2. The van der Waals surface area contributed by atoms with Crippen molar-refractivity contribution in [1.29, 1.82) is 0 Å². The quantitative estimate of drug-likeness (QED) is 0.0403. The van der Waals surface area contributed by atoms with Crippen molar-refractivity contribution in [3.63, 3.8) is 0 Å². The molecule has 13 aromatic rings. The summed E-state index contributed by atoms with van der Waals surface area (Å²) >= 11 is 0. The fourth-order valence-electron chi connectivity index (χ4n) is 22.9. The Hall–Kier alpha value is -11.7. The average Bonchev–Trinajstić information content (AvgIpc) is 1.77. The third-order valence-corrected chi connectivity index (χ3v) is 32.0. The van der Waals surface area contributed by atoms with E-state index in [1.54, 1.807) is 36.3 Å². The molecule has 19 heteroatoms. The Bertz CT molecular complexity index is 6590. The molecule has 0 spiro atoms. The van der Waals surface area contributed by atoms with Gasteiger partial charge in [-0.25, -0.2) is 14.1 Å². The Kier molecular flexibility index (Phi) is 33.0. The molecule has 9 heterocycles. The third-order valence-electron chi connectivity index (χ3n) is 32.0. The van der Waals surface area contributed by atoms with E-state index in [0.29, 0.717) is 35.0 Å². The van der Waals surface area contributed by atoms with E-state index in [1.165, 1.54) is 128 Å². The molecule has 10 aromatic carbocycles. The first-order valence-corrected chi connectivity index (χ1v) is 54.4. The summed E-state index contributed by atoms with van der Waals surface area (Å²) in [6.45, 7) is 20.1. The standard InChI is InChI=1S/C27H29NO2.C20H22FNO.C20H24N2O2.C20H23NO.C19H23N3O.C19H22N2O/c29-27(24-9-5-15-28(18-24)17-20-11-12-20)23-13-14-25-22(16-23)8-4-10-26(25)30-19-21-6-2-1-3-7-21;21-19-10-9-18(16-5-1-2-6-17(16)19)20(23)15-4-3-11-22(13-15)12-14-7-8-14;1-24-19-9-7-15-11-16(6-8-18(15)21-19)20(23)17-3-2-10-22(13-17)12-14-4-5-14;22-20(17-7-4-12-21(14-17)13-15-10-11-15)19-9-3-6-16-5-1-2-8-18(16)19;23-19(16-5-4-10-21(13-16)12-15-8-9-15)17-11-20-22(14-17)18-6-2-1-3-7-18;22-19(16-5-3-9-21(13-16)12-14-7-8-14)17-10-15-4-1-2-6-18(15)20-11-17/h1-4,6-8,10,13-14,16,20,24H,5,9,11-12,15,17-19H2;1-2,5-6,9-10,14-15H,3-4,7-8,11-13H2;6-9,11,14,17H,2-5,10,12-13H2,1H3;1-3,5-6,8-9,15,17H,4,7,10-14H2;1-3,6-7,11,14-16H,4-5,8-10,12-13H2;1-2,4,6,10-11,14,16H,3,5,7-9,12-13H2. The summed E-state index contributed by atoms with van der Waals surface area (Å²) in [5, 5.41) is 12.1. The van der Waals surface area contributed by atoms with Gasteiger partial charge in [0.05, 0.1) is 35.6 Å². The lowest BCUT2D eigenvalue weighted by atomic mass is 9.87. The number of Topliss-reactive ketones (excluding diaryl/α,β-unsaturated/α-hetero) is 6. The van der Waals surface area contributed by atoms with E-state index in [2.05, 4.69) is 80.9 Å². The summed E-state index contributed by atoms with van der Waals surface area (Å²) in [4.78, 5) is 102. The second kappa shape index (κ2) is 47.7. The van der Waals surface area contributed by atoms with Crippen molar-refractivity contribution in [2.75, 3.05) is 125 Å². The van der Waals surface area contributed by atoms with Crippen LogP contribution in [0.3, 0.4) is 0 Å². The first-order valence-electron chi connectivity index (χ1n) is 54.4. The van der Waals surface area contributed by atoms with Crippen LogP contribution >= 0.6 is 0 Å². The minimum Gasteiger partial charge on any atom is -0.488 e. The number of aromatic nitrogens is 4. The van der Waals surface area contributed by atoms with Gasteiger partial charge in [-0.3, -0.25) is 33.8 Å². The number of rotatable bonds is 29. The van der Waals surface area contributed by atoms with Crippen molar-refractivity contribution in [3.05, 3.63) is 300 Å². The Morgan fingerprint density at radius 1 is 0.319 bits per heavy atom. The largest absolute Gasteiger partial charge is 0.488 e. The smallest absolute Gasteiger partial charge is 0.213 e. The molecule has 12 fully saturated rings. The fourth-order valence-corrected chi connectivity index (χ4v) is 22.9. The van der Waals surface area contributed by atoms with Crippen LogP contribution in [0, 0.1) is 76.8 Å². The Balaban J connectivity index is 0.000000106. The maximum atomic E-state index is 14.0. The number of ether oxygens (including phenoxy) is 2. The molecule has 3 aromatic heterocycles. The van der Waals surface area contributed by atoms with Gasteiger partial charge in [0.15, 0.2) is 34.7 Å². The zero-order chi connectivity index (χ0) is 98.2. The van der Waals surface area contributed by atoms with Gasteiger partial charge in [0, 0.05) is 182 Å². The second-order valence-corrected chi connectivity index (χ2v) is 43.8. The van der Waals surface area contributed by atoms with Crippen LogP contribution in [0.2, 0.25) is 0 Å². The molecule has 6 aliphatic heterocycles. The van der Waals surface area contributed by atoms with Gasteiger partial charge in [0.1, 0.15) is 18.2 Å². The summed E-state index contributed by atoms with van der Waals surface area (Å²) in [5.74, 6) is 8.97. The Morgan fingerprint density at radius 2 is 0.715 bits per heavy atom. The number of fused-ring (bicyclic) bond motifs is 5. The summed E-state index contributed by atoms with van der Waals surface area (Å²) < 4.78 is 27.0. The molecule has 748 valence electrons. The van der Waals surface area contributed by atoms with Crippen LogP contribution in [0.15, 0.2) is 255 Å². The van der Waals surface area contributed by atoms with Crippen LogP contribution in [-0.4, -0.2) is 209 Å². The molecule has 6 saturated heterocycles. The topological polar surface area (TPSA) is 184 Å². The Labute approximate surface area is 849 Å². The van der Waals surface area contributed by atoms with Crippen LogP contribution in [0.4, 0.5) is 4.39 Å². The number of likely N-dealkylation sites (tertiary alicyclic amines) is 6. The molecular formula is C125H143FN10O8. The van der Waals surface area contributed by atoms with Crippen molar-refractivity contribution in [2.45, 2.75) is 161 Å². The molecule has 6 saturated carbocycles. The Morgan fingerprint density at radius 3 is 1.22 bits per heavy atom. The molecule has 6 unspecified atom stereocenters. The zero-order valence-corrected chi connectivity index (χ0v) is 84.2. The van der Waals surface area contributed by atoms with Gasteiger partial charge >= 0.3 is 0 Å². The first-order chi connectivity index (χ1) is 70.6. The van der Waals surface area contributed by atoms with Crippen LogP contribution < -0.4 is 9.47 Å². The predicted octanol–water partition coefficient (Wildman–Crippen LogP) is 24.4. The molecule has 0 N–H and O–H groups in total. The number of hydrogen-bond acceptors (Lipinski definition) is 17. The van der Waals surface area contributed by atoms with E-state index in [-0.39, 0.29) is 64.5 Å². The van der Waals surface area contributed by atoms with Gasteiger partial charge in [-0.1, -0.05) is 152 Å². The van der Waals surface area contributed by atoms with Gasteiger partial charge in [-0.2, -0.15) is 5.10 Å². The van der Waals surface area contributed by atoms with Gasteiger partial charge in [-0.05, 0) is 335 Å². The zero-order valence-electron chi connectivity index (χ0n) is 84.2. The molecule has 0 bridgehead atoms. The number of ketones is 6. The van der Waals surface area contributed by atoms with E-state index in [1.807, 2.05) is 188 Å². The number of piperidine rings is 6. The number of para-hydroxylation sites is 2. The number of carbonyl (C=O) groups is 6. The van der Waals surface area contributed by atoms with Crippen LogP contribution in [0.5, 0.6) is 11.6 Å². The number of nitrogens with zero attached hydrogens (tertiary/aromatic N) is 10. The molecule has 0 amide bonds. The van der Waals surface area contributed by atoms with E-state index in [0.717, 1.165) is 279 Å². The first kappa shape index (κ1) is 99.7. The third kappa shape index (κ3) is 27.0. The van der Waals surface area contributed by atoms with Crippen molar-refractivity contribution in [3.8, 4) is 17.3 Å². The van der Waals surface area contributed by atoms with Crippen molar-refractivity contribution < 1.29 is 42.6 Å². The molecule has 6 aliphatic carbocycles. The SMILES string of the molecule is COc1ccc2cc(C(=O)C3CCCN(CC4CC4)C3)ccc2n1.O=C(c1ccc(F)c2ccccc12)C1CCCN(CC2CC2)C1.O=C(c1ccc2c(OCc3ccccc3)cccc2c1)C1CCCN(CC2CC2)C1.O=C(c1cccc2ccccc12)C1CCCN(CC2CC2)C1.O=C(c1cnc2ccccc2c1)C1CCCN(CC2CC2)C1.O=C(c1cnn(-c2ccccc2)c1)C1CCCN(CC2CC2)C1. The van der Waals surface area contributed by atoms with Crippen molar-refractivity contribution in [2.24, 2.45) is 71.0 Å². The molecule has 18 nitrogen and oxygen atoms in total. The molecule has 0 radical (unpaired) electrons. The van der Waals surface area contributed by atoms with E-state index < -0.39 is 0 Å². The fraction of sp³-hybridized carbons (Fsp3) is 0.448. The highest BCUT2D eigenvalue weighted by molar-refractivity contribution is 6.11. The van der Waals surface area contributed by atoms with Crippen LogP contribution in [0.25, 0.3) is 59.8 Å². The number of benzene rings is 10. The number of halogens is 1. The maximum Gasteiger partial charge on any atom is 0.213 e. The average molecular weight is 1930 g/mol. The monoisotopic (exact) mass is 1930 g/mol. The summed E-state index contributed by atoms with van der Waals surface area (Å²) in [6, 6.07) is 76.7. The molecular weight excluding hydrogens is 1790 g/mol. The highest BCUT2D eigenvalue weighted by Gasteiger charge is 2.39. The maximum absolute atomic E-state index is 14.0. The van der Waals surface area contributed by atoms with E-state index >= 15 is 0 Å². The lowest BCUT2D eigenvalue weighted by molar-refractivity contribution is 0.0808. The predicted molar refractivity (Wildman–Crippen MR) is 573 cm³/mol. The molecule has 25 rings (SSSR count). The summed E-state index contributed by atoms with van der Waals surface area (Å²) in [5.41, 5.74) is 8.72. The summed E-state index contributed by atoms with van der Waals surface area (Å²) in [7, 11) is 1.61. The normalized spacial score (nSPS) is 21.8. The van der Waals surface area contributed by atoms with Crippen LogP contribution in [0.1, 0.15) is 222 Å². The molecule has 12 aliphatic rings. The highest BCUT2D eigenvalue weighted by Crippen LogP contribution is 2.41. The lowest BCUT2D eigenvalue weighted by Gasteiger charge is -2.32. The number of methoxy groups -OCH3 is 1. The summed E-state index contributed by atoms with van der Waals surface area (Å²) in [6.07, 6.45) is 34.6. The molecule has 144 heavy (non-hydrogen) atoms. The highest BCUT2D eigenvalue weighted by atomic mass is 19.1. The number of carbonyl (C=O) groups excluding carboxylic acids is 6. The van der Waals surface area contributed by atoms with E-state index in [9.17, 15) is 33.2 Å². The van der Waals surface area contributed by atoms with Gasteiger partial charge in [-0.15, -0.1) is 0 Å². The van der Waals surface area contributed by atoms with Gasteiger partial charge in [0.2, 0.25) is 5.88 Å². The van der Waals surface area contributed by atoms with Crippen molar-refractivity contribution >= 4 is 88.8 Å².